The van der Waals surface area contributed by atoms with E-state index in [0.29, 0.717) is 24.0 Å². The first-order chi connectivity index (χ1) is 11.3. The molecule has 6 heteroatoms. The van der Waals surface area contributed by atoms with Crippen molar-refractivity contribution in [1.29, 1.82) is 0 Å². The third-order valence-corrected chi connectivity index (χ3v) is 3.75. The van der Waals surface area contributed by atoms with Gasteiger partial charge in [0.05, 0.1) is 12.4 Å². The van der Waals surface area contributed by atoms with Crippen molar-refractivity contribution in [1.82, 2.24) is 15.3 Å². The molecule has 0 radical (unpaired) electrons. The van der Waals surface area contributed by atoms with E-state index in [1.807, 2.05) is 30.3 Å². The fourth-order valence-electron chi connectivity index (χ4n) is 2.43. The molecule has 1 aromatic carbocycles. The summed E-state index contributed by atoms with van der Waals surface area (Å²) in [6, 6.07) is 9.64. The molecule has 0 bridgehead atoms. The second-order valence-electron chi connectivity index (χ2n) is 5.43. The second kappa shape index (κ2) is 7.69. The monoisotopic (exact) mass is 313 g/mol. The molecule has 1 saturated heterocycles. The first kappa shape index (κ1) is 15.4. The maximum Gasteiger partial charge on any atom is 0.412 e. The van der Waals surface area contributed by atoms with Crippen molar-refractivity contribution in [2.45, 2.75) is 12.8 Å². The molecular formula is C17H19N3O3. The molecule has 0 spiro atoms. The molecular weight excluding hydrogens is 294 g/mol. The molecule has 1 aromatic heterocycles. The van der Waals surface area contributed by atoms with Crippen LogP contribution in [0.3, 0.4) is 0 Å². The number of hydrogen-bond acceptors (Lipinski definition) is 5. The highest BCUT2D eigenvalue weighted by Crippen LogP contribution is 2.16. The van der Waals surface area contributed by atoms with E-state index in [0.717, 1.165) is 31.6 Å². The van der Waals surface area contributed by atoms with Crippen molar-refractivity contribution in [3.63, 3.8) is 0 Å². The van der Waals surface area contributed by atoms with Gasteiger partial charge in [0.2, 0.25) is 0 Å². The van der Waals surface area contributed by atoms with Crippen LogP contribution in [0, 0.1) is 5.92 Å². The molecule has 1 amide bonds. The predicted molar refractivity (Wildman–Crippen MR) is 85.0 cm³/mol. The van der Waals surface area contributed by atoms with E-state index < -0.39 is 6.09 Å². The topological polar surface area (TPSA) is 73.3 Å². The lowest BCUT2D eigenvalue weighted by molar-refractivity contribution is 0.0663. The van der Waals surface area contributed by atoms with Gasteiger partial charge in [-0.15, -0.1) is 0 Å². The zero-order chi connectivity index (χ0) is 15.9. The van der Waals surface area contributed by atoms with Gasteiger partial charge in [0.1, 0.15) is 0 Å². The Morgan fingerprint density at radius 3 is 2.57 bits per heavy atom. The van der Waals surface area contributed by atoms with E-state index in [1.54, 1.807) is 0 Å². The van der Waals surface area contributed by atoms with E-state index in [2.05, 4.69) is 15.3 Å². The molecule has 1 aliphatic heterocycles. The highest BCUT2D eigenvalue weighted by molar-refractivity contribution is 5.70. The van der Waals surface area contributed by atoms with Crippen molar-refractivity contribution in [3.05, 3.63) is 42.7 Å². The van der Waals surface area contributed by atoms with Crippen molar-refractivity contribution in [2.75, 3.05) is 19.8 Å². The molecule has 6 nitrogen and oxygen atoms in total. The van der Waals surface area contributed by atoms with Crippen molar-refractivity contribution in [2.24, 2.45) is 5.92 Å². The maximum atomic E-state index is 11.8. The van der Waals surface area contributed by atoms with Gasteiger partial charge in [-0.1, -0.05) is 30.3 Å². The summed E-state index contributed by atoms with van der Waals surface area (Å²) < 4.78 is 10.5. The molecule has 0 unspecified atom stereocenters. The van der Waals surface area contributed by atoms with Gasteiger partial charge in [-0.2, -0.15) is 0 Å². The summed E-state index contributed by atoms with van der Waals surface area (Å²) in [6.07, 6.45) is 4.46. The van der Waals surface area contributed by atoms with E-state index >= 15 is 0 Å². The Morgan fingerprint density at radius 2 is 1.87 bits per heavy atom. The highest BCUT2D eigenvalue weighted by atomic mass is 16.6. The normalized spacial score (nSPS) is 15.1. The van der Waals surface area contributed by atoms with E-state index in [1.165, 1.54) is 12.4 Å². The Labute approximate surface area is 134 Å². The number of aromatic nitrogens is 2. The van der Waals surface area contributed by atoms with E-state index in [9.17, 15) is 4.79 Å². The molecule has 120 valence electrons. The van der Waals surface area contributed by atoms with Crippen LogP contribution in [0.2, 0.25) is 0 Å². The molecule has 23 heavy (non-hydrogen) atoms. The van der Waals surface area contributed by atoms with Gasteiger partial charge < -0.3 is 14.8 Å². The van der Waals surface area contributed by atoms with Gasteiger partial charge in [-0.3, -0.25) is 0 Å². The Bertz CT molecular complexity index is 625. The first-order valence-electron chi connectivity index (χ1n) is 7.72. The van der Waals surface area contributed by atoms with Crippen molar-refractivity contribution < 1.29 is 14.3 Å². The van der Waals surface area contributed by atoms with Crippen LogP contribution < -0.4 is 10.1 Å². The summed E-state index contributed by atoms with van der Waals surface area (Å²) in [6.45, 7) is 2.12. The Balaban J connectivity index is 1.50. The van der Waals surface area contributed by atoms with Crippen molar-refractivity contribution >= 4 is 6.09 Å². The molecule has 2 heterocycles. The number of amides is 1. The SMILES string of the molecule is O=C(NCC1CCOCC1)Oc1cnc(-c2ccccc2)nc1. The molecule has 0 aliphatic carbocycles. The van der Waals surface area contributed by atoms with Crippen LogP contribution in [-0.2, 0) is 4.74 Å². The number of rotatable bonds is 4. The van der Waals surface area contributed by atoms with Crippen LogP contribution in [0.25, 0.3) is 11.4 Å². The molecule has 2 aromatic rings. The lowest BCUT2D eigenvalue weighted by atomic mass is 10.0. The number of benzene rings is 1. The van der Waals surface area contributed by atoms with Crippen LogP contribution in [0.15, 0.2) is 42.7 Å². The molecule has 0 atom stereocenters. The van der Waals surface area contributed by atoms with Gasteiger partial charge >= 0.3 is 6.09 Å². The Hall–Kier alpha value is -2.47. The van der Waals surface area contributed by atoms with Crippen molar-refractivity contribution in [3.8, 4) is 17.1 Å². The molecule has 3 rings (SSSR count). The summed E-state index contributed by atoms with van der Waals surface area (Å²) in [5.41, 5.74) is 0.919. The van der Waals surface area contributed by atoms with Crippen LogP contribution in [0.5, 0.6) is 5.75 Å². The minimum absolute atomic E-state index is 0.328. The summed E-state index contributed by atoms with van der Waals surface area (Å²) in [5.74, 6) is 1.38. The van der Waals surface area contributed by atoms with E-state index in [-0.39, 0.29) is 0 Å². The average Bonchev–Trinajstić information content (AvgIpc) is 2.62. The molecule has 1 N–H and O–H groups in total. The molecule has 1 aliphatic rings. The van der Waals surface area contributed by atoms with Gasteiger partial charge in [-0.25, -0.2) is 14.8 Å². The molecule has 1 fully saturated rings. The quantitative estimate of drug-likeness (QED) is 0.939. The lowest BCUT2D eigenvalue weighted by Crippen LogP contribution is -2.34. The number of hydrogen-bond donors (Lipinski definition) is 1. The highest BCUT2D eigenvalue weighted by Gasteiger charge is 2.15. The van der Waals surface area contributed by atoms with Gasteiger partial charge in [0.15, 0.2) is 11.6 Å². The Kier molecular flexibility index (Phi) is 5.16. The van der Waals surface area contributed by atoms with Gasteiger partial charge in [0.25, 0.3) is 0 Å². The third kappa shape index (κ3) is 4.50. The van der Waals surface area contributed by atoms with Gasteiger partial charge in [0, 0.05) is 25.3 Å². The zero-order valence-corrected chi connectivity index (χ0v) is 12.8. The fourth-order valence-corrected chi connectivity index (χ4v) is 2.43. The number of carbonyl (C=O) groups is 1. The number of nitrogens with one attached hydrogen (secondary N) is 1. The summed E-state index contributed by atoms with van der Waals surface area (Å²) in [7, 11) is 0. The van der Waals surface area contributed by atoms with Crippen LogP contribution in [0.4, 0.5) is 4.79 Å². The van der Waals surface area contributed by atoms with Gasteiger partial charge in [-0.05, 0) is 18.8 Å². The maximum absolute atomic E-state index is 11.8. The minimum Gasteiger partial charge on any atom is -0.407 e. The van der Waals surface area contributed by atoms with Crippen LogP contribution in [0.1, 0.15) is 12.8 Å². The lowest BCUT2D eigenvalue weighted by Gasteiger charge is -2.21. The smallest absolute Gasteiger partial charge is 0.407 e. The van der Waals surface area contributed by atoms with E-state index in [4.69, 9.17) is 9.47 Å². The summed E-state index contributed by atoms with van der Waals surface area (Å²) >= 11 is 0. The summed E-state index contributed by atoms with van der Waals surface area (Å²) in [5, 5.41) is 2.77. The standard InChI is InChI=1S/C17H19N3O3/c21-17(20-10-13-6-8-22-9-7-13)23-15-11-18-16(19-12-15)14-4-2-1-3-5-14/h1-5,11-13H,6-10H2,(H,20,21). The largest absolute Gasteiger partial charge is 0.412 e. The number of ether oxygens (including phenoxy) is 2. The second-order valence-corrected chi connectivity index (χ2v) is 5.43. The minimum atomic E-state index is -0.479. The fraction of sp³-hybridized carbons (Fsp3) is 0.353. The Morgan fingerprint density at radius 1 is 1.17 bits per heavy atom. The third-order valence-electron chi connectivity index (χ3n) is 3.75. The molecule has 0 saturated carbocycles. The zero-order valence-electron chi connectivity index (χ0n) is 12.8. The summed E-state index contributed by atoms with van der Waals surface area (Å²) in [4.78, 5) is 20.2. The number of nitrogens with zero attached hydrogens (tertiary/aromatic N) is 2. The first-order valence-corrected chi connectivity index (χ1v) is 7.72. The number of carbonyl (C=O) groups excluding carboxylic acids is 1. The predicted octanol–water partition coefficient (Wildman–Crippen LogP) is 2.66. The van der Waals surface area contributed by atoms with Crippen LogP contribution >= 0.6 is 0 Å². The average molecular weight is 313 g/mol. The van der Waals surface area contributed by atoms with Crippen LogP contribution in [-0.4, -0.2) is 35.8 Å².